The number of hydrogen-bond acceptors (Lipinski definition) is 3. The lowest BCUT2D eigenvalue weighted by Gasteiger charge is -2.24. The molecule has 0 saturated carbocycles. The van der Waals surface area contributed by atoms with E-state index in [9.17, 15) is 13.2 Å². The summed E-state index contributed by atoms with van der Waals surface area (Å²) in [5.74, 6) is 0.0598. The molecule has 20 heavy (non-hydrogen) atoms. The molecule has 8 heteroatoms. The number of carbonyl (C=O) groups excluding carboxylic acids is 1. The topological polar surface area (TPSA) is 75.3 Å². The lowest BCUT2D eigenvalue weighted by Crippen LogP contribution is -2.48. The zero-order valence-electron chi connectivity index (χ0n) is 10.7. The summed E-state index contributed by atoms with van der Waals surface area (Å²) in [6.07, 6.45) is 0.414. The SMILES string of the molecule is C[C@]1(NC(=O)Nc2ccc(Br)cc2Cl)CCS(=O)(=O)C1. The largest absolute Gasteiger partial charge is 0.332 e. The van der Waals surface area contributed by atoms with Crippen LogP contribution in [-0.2, 0) is 9.84 Å². The Morgan fingerprint density at radius 1 is 1.45 bits per heavy atom. The maximum atomic E-state index is 11.9. The average Bonchev–Trinajstić information content (AvgIpc) is 2.56. The Bertz CT molecular complexity index is 650. The molecule has 0 aromatic heterocycles. The molecule has 0 bridgehead atoms. The third-order valence-corrected chi connectivity index (χ3v) is 5.81. The summed E-state index contributed by atoms with van der Waals surface area (Å²) in [6, 6.07) is 4.62. The van der Waals surface area contributed by atoms with E-state index in [0.717, 1.165) is 4.47 Å². The minimum Gasteiger partial charge on any atom is -0.332 e. The number of amides is 2. The minimum absolute atomic E-state index is 0.0402. The second-order valence-electron chi connectivity index (χ2n) is 5.11. The van der Waals surface area contributed by atoms with E-state index in [1.807, 2.05) is 0 Å². The van der Waals surface area contributed by atoms with Crippen LogP contribution < -0.4 is 10.6 Å². The van der Waals surface area contributed by atoms with Gasteiger partial charge in [-0.2, -0.15) is 0 Å². The smallest absolute Gasteiger partial charge is 0.319 e. The van der Waals surface area contributed by atoms with Crippen LogP contribution in [-0.4, -0.2) is 31.5 Å². The van der Waals surface area contributed by atoms with Gasteiger partial charge in [0.2, 0.25) is 0 Å². The Morgan fingerprint density at radius 2 is 2.15 bits per heavy atom. The average molecular weight is 382 g/mol. The molecule has 1 fully saturated rings. The monoisotopic (exact) mass is 380 g/mol. The highest BCUT2D eigenvalue weighted by atomic mass is 79.9. The maximum Gasteiger partial charge on any atom is 0.319 e. The summed E-state index contributed by atoms with van der Waals surface area (Å²) in [5, 5.41) is 5.72. The molecule has 1 aliphatic heterocycles. The van der Waals surface area contributed by atoms with Gasteiger partial charge in [-0.15, -0.1) is 0 Å². The second-order valence-corrected chi connectivity index (χ2v) is 8.61. The highest BCUT2D eigenvalue weighted by molar-refractivity contribution is 9.10. The summed E-state index contributed by atoms with van der Waals surface area (Å²) in [6.45, 7) is 1.72. The molecule has 1 heterocycles. The van der Waals surface area contributed by atoms with Crippen molar-refractivity contribution in [1.82, 2.24) is 5.32 Å². The number of hydrogen-bond donors (Lipinski definition) is 2. The zero-order valence-corrected chi connectivity index (χ0v) is 13.9. The van der Waals surface area contributed by atoms with E-state index in [0.29, 0.717) is 17.1 Å². The molecule has 0 spiro atoms. The molecule has 1 saturated heterocycles. The first-order chi connectivity index (χ1) is 9.19. The predicted octanol–water partition coefficient (Wildman–Crippen LogP) is 2.80. The molecule has 1 atom stereocenters. The molecule has 2 rings (SSSR count). The van der Waals surface area contributed by atoms with E-state index in [1.165, 1.54) is 0 Å². The second kappa shape index (κ2) is 5.54. The third-order valence-electron chi connectivity index (χ3n) is 3.10. The van der Waals surface area contributed by atoms with E-state index in [4.69, 9.17) is 11.6 Å². The summed E-state index contributed by atoms with van der Waals surface area (Å²) >= 11 is 9.28. The molecule has 110 valence electrons. The molecule has 1 aromatic carbocycles. The first-order valence-corrected chi connectivity index (χ1v) is 8.93. The van der Waals surface area contributed by atoms with Crippen molar-refractivity contribution in [2.45, 2.75) is 18.9 Å². The Hall–Kier alpha value is -0.790. The van der Waals surface area contributed by atoms with Gasteiger partial charge in [0.1, 0.15) is 0 Å². The molecular formula is C12H14BrClN2O3S. The van der Waals surface area contributed by atoms with Gasteiger partial charge in [0.05, 0.1) is 27.8 Å². The molecule has 2 N–H and O–H groups in total. The minimum atomic E-state index is -3.06. The molecule has 0 radical (unpaired) electrons. The van der Waals surface area contributed by atoms with Crippen LogP contribution in [0.5, 0.6) is 0 Å². The highest BCUT2D eigenvalue weighted by Crippen LogP contribution is 2.26. The first kappa shape index (κ1) is 15.6. The summed E-state index contributed by atoms with van der Waals surface area (Å²) in [4.78, 5) is 11.9. The maximum absolute atomic E-state index is 11.9. The van der Waals surface area contributed by atoms with Gasteiger partial charge in [-0.05, 0) is 31.5 Å². The van der Waals surface area contributed by atoms with E-state index in [2.05, 4.69) is 26.6 Å². The van der Waals surface area contributed by atoms with E-state index >= 15 is 0 Å². The lowest BCUT2D eigenvalue weighted by atomic mass is 10.0. The molecule has 0 unspecified atom stereocenters. The Kier molecular flexibility index (Phi) is 4.32. The van der Waals surface area contributed by atoms with Gasteiger partial charge in [-0.1, -0.05) is 27.5 Å². The number of rotatable bonds is 2. The van der Waals surface area contributed by atoms with Crippen molar-refractivity contribution >= 4 is 49.1 Å². The normalized spacial score (nSPS) is 24.4. The number of nitrogens with one attached hydrogen (secondary N) is 2. The summed E-state index contributed by atoms with van der Waals surface area (Å²) in [5.41, 5.74) is -0.262. The third kappa shape index (κ3) is 3.86. The van der Waals surface area contributed by atoms with Crippen molar-refractivity contribution in [2.75, 3.05) is 16.8 Å². The highest BCUT2D eigenvalue weighted by Gasteiger charge is 2.39. The number of carbonyl (C=O) groups is 1. The van der Waals surface area contributed by atoms with Crippen molar-refractivity contribution in [3.05, 3.63) is 27.7 Å². The predicted molar refractivity (Wildman–Crippen MR) is 83.0 cm³/mol. The molecule has 1 aromatic rings. The van der Waals surface area contributed by atoms with Crippen LogP contribution in [0.25, 0.3) is 0 Å². The van der Waals surface area contributed by atoms with Crippen molar-refractivity contribution in [3.63, 3.8) is 0 Å². The fourth-order valence-corrected chi connectivity index (χ4v) is 4.94. The molecule has 0 aliphatic carbocycles. The van der Waals surface area contributed by atoms with Crippen LogP contribution in [0.1, 0.15) is 13.3 Å². The zero-order chi connectivity index (χ0) is 15.0. The number of urea groups is 1. The Balaban J connectivity index is 2.03. The van der Waals surface area contributed by atoms with E-state index in [-0.39, 0.29) is 11.5 Å². The number of sulfone groups is 1. The standard InChI is InChI=1S/C12H14BrClN2O3S/c1-12(4-5-20(18,19)7-12)16-11(17)15-10-3-2-8(13)6-9(10)14/h2-3,6H,4-5,7H2,1H3,(H2,15,16,17)/t12-/m0/s1. The Labute approximate surface area is 131 Å². The number of anilines is 1. The van der Waals surface area contributed by atoms with Crippen LogP contribution in [0.2, 0.25) is 5.02 Å². The van der Waals surface area contributed by atoms with Crippen LogP contribution >= 0.6 is 27.5 Å². The quantitative estimate of drug-likeness (QED) is 0.827. The lowest BCUT2D eigenvalue weighted by molar-refractivity contribution is 0.242. The molecular weight excluding hydrogens is 368 g/mol. The van der Waals surface area contributed by atoms with Crippen LogP contribution in [0.4, 0.5) is 10.5 Å². The van der Waals surface area contributed by atoms with Crippen LogP contribution in [0, 0.1) is 0 Å². The van der Waals surface area contributed by atoms with Crippen LogP contribution in [0.3, 0.4) is 0 Å². The van der Waals surface area contributed by atoms with Gasteiger partial charge >= 0.3 is 6.03 Å². The summed E-state index contributed by atoms with van der Waals surface area (Å²) < 4.78 is 23.8. The fraction of sp³-hybridized carbons (Fsp3) is 0.417. The van der Waals surface area contributed by atoms with Gasteiger partial charge < -0.3 is 10.6 Å². The number of benzene rings is 1. The van der Waals surface area contributed by atoms with Gasteiger partial charge in [0.25, 0.3) is 0 Å². The Morgan fingerprint density at radius 3 is 2.70 bits per heavy atom. The molecule has 5 nitrogen and oxygen atoms in total. The van der Waals surface area contributed by atoms with E-state index < -0.39 is 21.4 Å². The van der Waals surface area contributed by atoms with Crippen molar-refractivity contribution in [3.8, 4) is 0 Å². The van der Waals surface area contributed by atoms with Gasteiger partial charge in [0, 0.05) is 4.47 Å². The van der Waals surface area contributed by atoms with Crippen molar-refractivity contribution in [2.24, 2.45) is 0 Å². The van der Waals surface area contributed by atoms with Gasteiger partial charge in [-0.3, -0.25) is 0 Å². The molecule has 2 amide bonds. The van der Waals surface area contributed by atoms with Gasteiger partial charge in [-0.25, -0.2) is 13.2 Å². The van der Waals surface area contributed by atoms with Crippen LogP contribution in [0.15, 0.2) is 22.7 Å². The van der Waals surface area contributed by atoms with Crippen molar-refractivity contribution in [1.29, 1.82) is 0 Å². The van der Waals surface area contributed by atoms with Crippen molar-refractivity contribution < 1.29 is 13.2 Å². The summed E-state index contributed by atoms with van der Waals surface area (Å²) in [7, 11) is -3.06. The molecule has 1 aliphatic rings. The van der Waals surface area contributed by atoms with Gasteiger partial charge in [0.15, 0.2) is 9.84 Å². The number of halogens is 2. The first-order valence-electron chi connectivity index (χ1n) is 5.94. The fourth-order valence-electron chi connectivity index (χ4n) is 2.13. The van der Waals surface area contributed by atoms with E-state index in [1.54, 1.807) is 25.1 Å².